The number of amides is 3. The van der Waals surface area contributed by atoms with Crippen LogP contribution in [0.15, 0.2) is 60.7 Å². The smallest absolute Gasteiger partial charge is 0.407 e. The Bertz CT molecular complexity index is 1020. The van der Waals surface area contributed by atoms with Crippen LogP contribution in [0.3, 0.4) is 0 Å². The number of aryl methyl sites for hydroxylation is 1. The van der Waals surface area contributed by atoms with E-state index in [-0.39, 0.29) is 35.5 Å². The van der Waals surface area contributed by atoms with Gasteiger partial charge in [0, 0.05) is 4.28 Å². The highest BCUT2D eigenvalue weighted by atomic mass is 16.7. The fraction of sp³-hybridized carbons (Fsp3) is 0.545. The van der Waals surface area contributed by atoms with Crippen LogP contribution in [-0.4, -0.2) is 55.0 Å². The van der Waals surface area contributed by atoms with Crippen molar-refractivity contribution in [3.63, 3.8) is 0 Å². The van der Waals surface area contributed by atoms with Gasteiger partial charge in [0.2, 0.25) is 11.8 Å². The third kappa shape index (κ3) is 16.7. The summed E-state index contributed by atoms with van der Waals surface area (Å²) in [6, 6.07) is 18.1. The molecule has 0 aliphatic heterocycles. The molecule has 0 aliphatic carbocycles. The van der Waals surface area contributed by atoms with E-state index in [0.717, 1.165) is 18.4 Å². The number of hydrogen-bond acceptors (Lipinski definition) is 6. The van der Waals surface area contributed by atoms with Gasteiger partial charge >= 0.3 is 6.09 Å². The minimum Gasteiger partial charge on any atom is -0.445 e. The molecule has 1 unspecified atom stereocenters. The third-order valence-electron chi connectivity index (χ3n) is 5.67. The molecule has 0 heterocycles. The molecule has 2 aromatic carbocycles. The number of hydrogen-bond donors (Lipinski definition) is 3. The van der Waals surface area contributed by atoms with Gasteiger partial charge in [0.05, 0.1) is 18.2 Å². The van der Waals surface area contributed by atoms with Gasteiger partial charge < -0.3 is 30.2 Å². The summed E-state index contributed by atoms with van der Waals surface area (Å²) in [6.45, 7) is 13.3. The maximum atomic E-state index is 13.0. The van der Waals surface area contributed by atoms with Crippen LogP contribution in [0.25, 0.3) is 0 Å². The lowest BCUT2D eigenvalue weighted by Crippen LogP contribution is -2.54. The summed E-state index contributed by atoms with van der Waals surface area (Å²) in [5.74, 6) is -0.882. The molecule has 0 fully saturated rings. The molecule has 0 spiro atoms. The molecule has 0 bridgehead atoms. The molecule has 9 heteroatoms. The summed E-state index contributed by atoms with van der Waals surface area (Å²) in [5, 5.41) is 8.02. The highest BCUT2D eigenvalue weighted by Gasteiger charge is 2.28. The topological polar surface area (TPSA) is 115 Å². The predicted octanol–water partition coefficient (Wildman–Crippen LogP) is 6.26. The monoisotopic (exact) mass is 591 g/mol. The highest BCUT2D eigenvalue weighted by molar-refractivity contribution is 5.89. The van der Waals surface area contributed by atoms with Crippen LogP contribution >= 0.6 is 0 Å². The number of alkyl carbamates (subject to hydrolysis) is 1. The molecule has 3 N–H and O–H groups in total. The number of ether oxygens (including phenoxy) is 3. The van der Waals surface area contributed by atoms with E-state index in [1.807, 2.05) is 76.2 Å². The van der Waals surface area contributed by atoms with Crippen molar-refractivity contribution in [2.75, 3.05) is 6.54 Å². The molecule has 2 rings (SSSR count). The maximum absolute atomic E-state index is 13.0. The third-order valence-corrected chi connectivity index (χ3v) is 5.67. The SMILES string of the molecule is CC(C)OC(OC(C)C)C(CCCc1ccccc1)NC(=O)[C@H](C)NC(=O)CNC(=O)OCc1ccccc1.CCC.[HH].[HH].[HH]. The standard InChI is InChI=1S/C30H43N3O6.C3H8.3H2/c1-21(2)38-29(39-22(3)4)26(18-12-17-24-13-8-6-9-14-24)33-28(35)23(5)32-27(34)19-31-30(36)37-20-25-15-10-7-11-16-25;1-3-2;;;/h6-11,13-16,21-23,26,29H,12,17-20H2,1-5H3,(H,31,36)(H,32,34)(H,33,35);3H2,1-2H3;3*1H/t23-,26?;;;;/m0..../s1. The van der Waals surface area contributed by atoms with Crippen molar-refractivity contribution < 1.29 is 32.9 Å². The Morgan fingerprint density at radius 1 is 0.786 bits per heavy atom. The van der Waals surface area contributed by atoms with Crippen LogP contribution < -0.4 is 16.0 Å². The van der Waals surface area contributed by atoms with Crippen molar-refractivity contribution in [3.05, 3.63) is 71.8 Å². The predicted molar refractivity (Wildman–Crippen MR) is 172 cm³/mol. The summed E-state index contributed by atoms with van der Waals surface area (Å²) in [7, 11) is 0. The quantitative estimate of drug-likeness (QED) is 0.199. The lowest BCUT2D eigenvalue weighted by atomic mass is 10.0. The molecular weight excluding hydrogens is 534 g/mol. The molecule has 0 saturated heterocycles. The molecule has 2 atom stereocenters. The van der Waals surface area contributed by atoms with Gasteiger partial charge in [-0.2, -0.15) is 0 Å². The van der Waals surface area contributed by atoms with E-state index < -0.39 is 30.4 Å². The number of nitrogens with one attached hydrogen (secondary N) is 3. The Kier molecular flexibility index (Phi) is 18.6. The second kappa shape index (κ2) is 21.3. The van der Waals surface area contributed by atoms with Gasteiger partial charge in [-0.05, 0) is 65.0 Å². The largest absolute Gasteiger partial charge is 0.445 e. The zero-order valence-corrected chi connectivity index (χ0v) is 26.4. The summed E-state index contributed by atoms with van der Waals surface area (Å²) in [5.41, 5.74) is 2.05. The van der Waals surface area contributed by atoms with Gasteiger partial charge in [0.25, 0.3) is 0 Å². The van der Waals surface area contributed by atoms with Crippen LogP contribution in [0.5, 0.6) is 0 Å². The van der Waals surface area contributed by atoms with Crippen LogP contribution in [-0.2, 0) is 36.8 Å². The van der Waals surface area contributed by atoms with E-state index in [2.05, 4.69) is 41.9 Å². The van der Waals surface area contributed by atoms with Crippen molar-refractivity contribution >= 4 is 17.9 Å². The molecule has 0 saturated carbocycles. The average molecular weight is 592 g/mol. The molecule has 42 heavy (non-hydrogen) atoms. The van der Waals surface area contributed by atoms with Crippen LogP contribution in [0.1, 0.15) is 83.1 Å². The van der Waals surface area contributed by atoms with Crippen molar-refractivity contribution in [1.29, 1.82) is 0 Å². The highest BCUT2D eigenvalue weighted by Crippen LogP contribution is 2.15. The first-order valence-corrected chi connectivity index (χ1v) is 14.9. The second-order valence-corrected chi connectivity index (χ2v) is 10.6. The molecule has 0 aliphatic rings. The molecule has 3 amide bonds. The second-order valence-electron chi connectivity index (χ2n) is 10.6. The molecule has 2 aromatic rings. The first-order chi connectivity index (χ1) is 20.0. The Morgan fingerprint density at radius 2 is 1.31 bits per heavy atom. The fourth-order valence-electron chi connectivity index (χ4n) is 3.80. The van der Waals surface area contributed by atoms with Gasteiger partial charge in [-0.3, -0.25) is 9.59 Å². The van der Waals surface area contributed by atoms with Gasteiger partial charge in [0.1, 0.15) is 19.2 Å². The van der Waals surface area contributed by atoms with E-state index in [1.54, 1.807) is 6.92 Å². The van der Waals surface area contributed by atoms with E-state index >= 15 is 0 Å². The maximum Gasteiger partial charge on any atom is 0.407 e. The summed E-state index contributed by atoms with van der Waals surface area (Å²) >= 11 is 0. The number of benzene rings is 2. The normalized spacial score (nSPS) is 12.2. The lowest BCUT2D eigenvalue weighted by Gasteiger charge is -2.32. The number of carbonyl (C=O) groups is 3. The van der Waals surface area contributed by atoms with Gasteiger partial charge in [0.15, 0.2) is 6.29 Å². The zero-order valence-electron chi connectivity index (χ0n) is 26.4. The number of rotatable bonds is 16. The summed E-state index contributed by atoms with van der Waals surface area (Å²) in [6.07, 6.45) is 1.96. The molecular formula is C33H57N3O6. The first-order valence-electron chi connectivity index (χ1n) is 14.9. The summed E-state index contributed by atoms with van der Waals surface area (Å²) in [4.78, 5) is 37.3. The molecule has 240 valence electrons. The molecule has 0 aromatic heterocycles. The fourth-order valence-corrected chi connectivity index (χ4v) is 3.80. The van der Waals surface area contributed by atoms with E-state index in [4.69, 9.17) is 14.2 Å². The van der Waals surface area contributed by atoms with Crippen LogP contribution in [0.2, 0.25) is 0 Å². The lowest BCUT2D eigenvalue weighted by molar-refractivity contribution is -0.197. The Morgan fingerprint density at radius 3 is 1.83 bits per heavy atom. The van der Waals surface area contributed by atoms with Crippen molar-refractivity contribution in [1.82, 2.24) is 16.0 Å². The Hall–Kier alpha value is -3.43. The van der Waals surface area contributed by atoms with Crippen molar-refractivity contribution in [2.45, 2.75) is 111 Å². The van der Waals surface area contributed by atoms with E-state index in [9.17, 15) is 14.4 Å². The minimum absolute atomic E-state index is 0. The number of carbonyl (C=O) groups excluding carboxylic acids is 3. The Labute approximate surface area is 256 Å². The average Bonchev–Trinajstić information content (AvgIpc) is 2.95. The van der Waals surface area contributed by atoms with Gasteiger partial charge in [-0.15, -0.1) is 0 Å². The van der Waals surface area contributed by atoms with Crippen molar-refractivity contribution in [2.24, 2.45) is 0 Å². The minimum atomic E-state index is -0.838. The zero-order chi connectivity index (χ0) is 31.3. The van der Waals surface area contributed by atoms with Crippen LogP contribution in [0.4, 0.5) is 4.79 Å². The first kappa shape index (κ1) is 36.6. The van der Waals surface area contributed by atoms with E-state index in [0.29, 0.717) is 6.42 Å². The van der Waals surface area contributed by atoms with E-state index in [1.165, 1.54) is 12.0 Å². The molecule has 0 radical (unpaired) electrons. The van der Waals surface area contributed by atoms with Gasteiger partial charge in [-0.25, -0.2) is 4.79 Å². The van der Waals surface area contributed by atoms with Crippen molar-refractivity contribution in [3.8, 4) is 0 Å². The van der Waals surface area contributed by atoms with Crippen LogP contribution in [0, 0.1) is 0 Å². The summed E-state index contributed by atoms with van der Waals surface area (Å²) < 4.78 is 17.1. The van der Waals surface area contributed by atoms with Gasteiger partial charge in [-0.1, -0.05) is 80.9 Å². The molecule has 9 nitrogen and oxygen atoms in total. The Balaban J connectivity index is -0.00000282.